The van der Waals surface area contributed by atoms with Gasteiger partial charge in [-0.25, -0.2) is 10.1 Å². The minimum absolute atomic E-state index is 0.103. The molecule has 1 aliphatic carbocycles. The molecule has 0 aromatic carbocycles. The number of ether oxygens (including phenoxy) is 1. The number of nitrogens with one attached hydrogen (secondary N) is 2. The average Bonchev–Trinajstić information content (AvgIpc) is 3.02. The predicted octanol–water partition coefficient (Wildman–Crippen LogP) is 2.75. The number of aromatic amines is 1. The first-order chi connectivity index (χ1) is 10.7. The molecule has 0 bridgehead atoms. The third-order valence-corrected chi connectivity index (χ3v) is 4.04. The predicted molar refractivity (Wildman–Crippen MR) is 84.3 cm³/mol. The van der Waals surface area contributed by atoms with Crippen LogP contribution < -0.4 is 15.6 Å². The molecule has 6 nitrogen and oxygen atoms in total. The number of hydrogen-bond donors (Lipinski definition) is 2. The Balaban J connectivity index is 1.65. The van der Waals surface area contributed by atoms with Crippen LogP contribution in [0.25, 0.3) is 0 Å². The van der Waals surface area contributed by atoms with Crippen LogP contribution >= 0.6 is 11.6 Å². The van der Waals surface area contributed by atoms with Gasteiger partial charge in [0.2, 0.25) is 5.88 Å². The van der Waals surface area contributed by atoms with Crippen molar-refractivity contribution in [3.63, 3.8) is 0 Å². The number of aromatic nitrogens is 3. The first-order valence-electron chi connectivity index (χ1n) is 7.31. The van der Waals surface area contributed by atoms with Gasteiger partial charge in [-0.1, -0.05) is 11.6 Å². The zero-order valence-electron chi connectivity index (χ0n) is 12.0. The summed E-state index contributed by atoms with van der Waals surface area (Å²) < 4.78 is 5.88. The van der Waals surface area contributed by atoms with E-state index < -0.39 is 5.56 Å². The van der Waals surface area contributed by atoms with Crippen LogP contribution in [0.1, 0.15) is 31.2 Å². The van der Waals surface area contributed by atoms with Crippen LogP contribution in [0.3, 0.4) is 0 Å². The van der Waals surface area contributed by atoms with Gasteiger partial charge < -0.3 is 10.1 Å². The number of rotatable bonds is 5. The number of halogens is 1. The average molecular weight is 321 g/mol. The molecule has 2 N–H and O–H groups in total. The summed E-state index contributed by atoms with van der Waals surface area (Å²) >= 11 is 5.92. The lowest BCUT2D eigenvalue weighted by molar-refractivity contribution is 0.201. The second-order valence-electron chi connectivity index (χ2n) is 5.31. The van der Waals surface area contributed by atoms with Gasteiger partial charge in [0.05, 0.1) is 11.9 Å². The van der Waals surface area contributed by atoms with Gasteiger partial charge >= 0.3 is 0 Å². The van der Waals surface area contributed by atoms with Gasteiger partial charge in [-0.2, -0.15) is 5.10 Å². The van der Waals surface area contributed by atoms with Crippen molar-refractivity contribution in [3.05, 3.63) is 45.5 Å². The Morgan fingerprint density at radius 3 is 3.05 bits per heavy atom. The Morgan fingerprint density at radius 2 is 2.23 bits per heavy atom. The summed E-state index contributed by atoms with van der Waals surface area (Å²) in [6, 6.07) is 3.79. The molecule has 1 aliphatic rings. The van der Waals surface area contributed by atoms with Crippen LogP contribution in [0, 0.1) is 0 Å². The monoisotopic (exact) mass is 320 g/mol. The maximum Gasteiger partial charge on any atom is 0.285 e. The number of hydrogen-bond acceptors (Lipinski definition) is 5. The molecule has 3 rings (SSSR count). The highest BCUT2D eigenvalue weighted by molar-refractivity contribution is 6.32. The normalized spacial score (nSPS) is 15.0. The van der Waals surface area contributed by atoms with E-state index in [0.717, 1.165) is 18.4 Å². The van der Waals surface area contributed by atoms with E-state index in [1.807, 2.05) is 12.1 Å². The minimum Gasteiger partial charge on any atom is -0.474 e. The number of H-pyrrole nitrogens is 1. The third-order valence-electron chi connectivity index (χ3n) is 3.67. The molecule has 0 spiro atoms. The molecule has 0 saturated heterocycles. The van der Waals surface area contributed by atoms with E-state index in [-0.39, 0.29) is 11.1 Å². The molecule has 2 aromatic rings. The summed E-state index contributed by atoms with van der Waals surface area (Å²) in [6.45, 7) is 0.508. The van der Waals surface area contributed by atoms with E-state index in [4.69, 9.17) is 16.3 Å². The van der Waals surface area contributed by atoms with Crippen molar-refractivity contribution in [2.45, 2.75) is 38.3 Å². The Labute approximate surface area is 132 Å². The molecule has 0 radical (unpaired) electrons. The fourth-order valence-corrected chi connectivity index (χ4v) is 2.66. The van der Waals surface area contributed by atoms with E-state index in [1.165, 1.54) is 19.0 Å². The Hall–Kier alpha value is -2.08. The van der Waals surface area contributed by atoms with E-state index in [9.17, 15) is 4.79 Å². The minimum atomic E-state index is -0.411. The van der Waals surface area contributed by atoms with E-state index in [2.05, 4.69) is 20.5 Å². The molecule has 0 aliphatic heterocycles. The zero-order chi connectivity index (χ0) is 15.4. The second-order valence-corrected chi connectivity index (χ2v) is 5.68. The van der Waals surface area contributed by atoms with Crippen molar-refractivity contribution in [3.8, 4) is 5.88 Å². The molecule has 1 saturated carbocycles. The first kappa shape index (κ1) is 14.8. The molecule has 2 aromatic heterocycles. The second kappa shape index (κ2) is 6.79. The lowest BCUT2D eigenvalue weighted by Gasteiger charge is -2.13. The molecule has 7 heteroatoms. The Morgan fingerprint density at radius 1 is 1.41 bits per heavy atom. The van der Waals surface area contributed by atoms with Crippen molar-refractivity contribution in [2.75, 3.05) is 5.32 Å². The highest BCUT2D eigenvalue weighted by Crippen LogP contribution is 2.23. The van der Waals surface area contributed by atoms with Crippen molar-refractivity contribution in [1.29, 1.82) is 0 Å². The highest BCUT2D eigenvalue weighted by atomic mass is 35.5. The van der Waals surface area contributed by atoms with Crippen molar-refractivity contribution in [2.24, 2.45) is 0 Å². The van der Waals surface area contributed by atoms with Gasteiger partial charge in [-0.15, -0.1) is 0 Å². The molecule has 0 amide bonds. The number of pyridine rings is 1. The van der Waals surface area contributed by atoms with E-state index in [0.29, 0.717) is 18.1 Å². The summed E-state index contributed by atoms with van der Waals surface area (Å²) in [5.41, 5.74) is 1.09. The lowest BCUT2D eigenvalue weighted by Crippen LogP contribution is -2.13. The molecule has 1 fully saturated rings. The molecule has 2 heterocycles. The molecule has 22 heavy (non-hydrogen) atoms. The smallest absolute Gasteiger partial charge is 0.285 e. The third kappa shape index (κ3) is 3.57. The van der Waals surface area contributed by atoms with Gasteiger partial charge in [0.25, 0.3) is 5.56 Å². The van der Waals surface area contributed by atoms with E-state index >= 15 is 0 Å². The van der Waals surface area contributed by atoms with Crippen LogP contribution in [0.4, 0.5) is 5.69 Å². The van der Waals surface area contributed by atoms with Gasteiger partial charge in [-0.3, -0.25) is 4.79 Å². The van der Waals surface area contributed by atoms with Gasteiger partial charge in [0.15, 0.2) is 0 Å². The lowest BCUT2D eigenvalue weighted by atomic mass is 10.2. The van der Waals surface area contributed by atoms with Crippen LogP contribution in [0.15, 0.2) is 29.3 Å². The van der Waals surface area contributed by atoms with E-state index in [1.54, 1.807) is 6.20 Å². The van der Waals surface area contributed by atoms with Crippen molar-refractivity contribution < 1.29 is 4.74 Å². The molecular formula is C15H17ClN4O2. The fourth-order valence-electron chi connectivity index (χ4n) is 2.51. The Kier molecular flexibility index (Phi) is 4.58. The first-order valence-corrected chi connectivity index (χ1v) is 7.69. The quantitative estimate of drug-likeness (QED) is 0.885. The highest BCUT2D eigenvalue weighted by Gasteiger charge is 2.17. The summed E-state index contributed by atoms with van der Waals surface area (Å²) in [7, 11) is 0. The van der Waals surface area contributed by atoms with Crippen molar-refractivity contribution in [1.82, 2.24) is 15.2 Å². The van der Waals surface area contributed by atoms with Crippen LogP contribution in [-0.4, -0.2) is 21.3 Å². The van der Waals surface area contributed by atoms with Crippen LogP contribution in [-0.2, 0) is 6.54 Å². The summed E-state index contributed by atoms with van der Waals surface area (Å²) in [4.78, 5) is 15.6. The van der Waals surface area contributed by atoms with Gasteiger partial charge in [-0.05, 0) is 37.3 Å². The summed E-state index contributed by atoms with van der Waals surface area (Å²) in [5, 5.41) is 9.20. The van der Waals surface area contributed by atoms with Gasteiger partial charge in [0.1, 0.15) is 11.1 Å². The SMILES string of the molecule is O=c1[nH]ncc(NCc2ccnc(OC3CCCC3)c2)c1Cl. The maximum atomic E-state index is 11.4. The standard InChI is InChI=1S/C15H17ClN4O2/c16-14-12(9-19-20-15(14)21)18-8-10-5-6-17-13(7-10)22-11-3-1-2-4-11/h5-7,9,11H,1-4,8H2,(H2,18,20,21). The molecular weight excluding hydrogens is 304 g/mol. The Bertz CT molecular complexity index is 698. The van der Waals surface area contributed by atoms with Gasteiger partial charge in [0, 0.05) is 18.8 Å². The number of anilines is 1. The maximum absolute atomic E-state index is 11.4. The summed E-state index contributed by atoms with van der Waals surface area (Å²) in [5.74, 6) is 0.640. The largest absolute Gasteiger partial charge is 0.474 e. The van der Waals surface area contributed by atoms with Crippen LogP contribution in [0.5, 0.6) is 5.88 Å². The topological polar surface area (TPSA) is 79.9 Å². The molecule has 0 atom stereocenters. The molecule has 116 valence electrons. The van der Waals surface area contributed by atoms with Crippen LogP contribution in [0.2, 0.25) is 5.02 Å². The number of nitrogens with zero attached hydrogens (tertiary/aromatic N) is 2. The summed E-state index contributed by atoms with van der Waals surface area (Å²) in [6.07, 6.45) is 8.12. The van der Waals surface area contributed by atoms with Crippen molar-refractivity contribution >= 4 is 17.3 Å². The fraction of sp³-hybridized carbons (Fsp3) is 0.400. The molecule has 0 unspecified atom stereocenters. The zero-order valence-corrected chi connectivity index (χ0v) is 12.8.